The second-order valence-electron chi connectivity index (χ2n) is 5.90. The van der Waals surface area contributed by atoms with Crippen LogP contribution in [0.4, 0.5) is 11.4 Å². The average Bonchev–Trinajstić information content (AvgIpc) is 3.17. The number of anilines is 1. The molecule has 0 fully saturated rings. The zero-order valence-corrected chi connectivity index (χ0v) is 14.5. The smallest absolute Gasteiger partial charge is 0.269 e. The predicted octanol–water partition coefficient (Wildman–Crippen LogP) is 4.37. The van der Waals surface area contributed by atoms with Crippen LogP contribution in [0.3, 0.4) is 0 Å². The van der Waals surface area contributed by atoms with Gasteiger partial charge in [-0.15, -0.1) is 0 Å². The van der Waals surface area contributed by atoms with E-state index in [1.54, 1.807) is 42.5 Å². The SMILES string of the molecule is O=C(Nc1ccc2c(c1)OCO2)c1ccc(Oc2ccc([N+](=O)[O-])cc2)cc1. The molecule has 1 heterocycles. The molecule has 0 unspecified atom stereocenters. The maximum atomic E-state index is 12.4. The van der Waals surface area contributed by atoms with Crippen molar-refractivity contribution in [3.05, 3.63) is 82.4 Å². The average molecular weight is 378 g/mol. The number of rotatable bonds is 5. The second kappa shape index (κ2) is 7.28. The molecule has 0 radical (unpaired) electrons. The van der Waals surface area contributed by atoms with Gasteiger partial charge in [-0.05, 0) is 48.5 Å². The summed E-state index contributed by atoms with van der Waals surface area (Å²) >= 11 is 0. The van der Waals surface area contributed by atoms with Gasteiger partial charge < -0.3 is 19.5 Å². The zero-order chi connectivity index (χ0) is 19.5. The van der Waals surface area contributed by atoms with Gasteiger partial charge in [0.1, 0.15) is 11.5 Å². The van der Waals surface area contributed by atoms with Crippen LogP contribution in [0.1, 0.15) is 10.4 Å². The standard InChI is InChI=1S/C20H14N2O6/c23-20(21-14-3-10-18-19(11-14)27-12-26-18)13-1-6-16(7-2-13)28-17-8-4-15(5-9-17)22(24)25/h1-11H,12H2,(H,21,23). The molecule has 28 heavy (non-hydrogen) atoms. The Morgan fingerprint density at radius 1 is 0.929 bits per heavy atom. The number of nitrogens with one attached hydrogen (secondary N) is 1. The van der Waals surface area contributed by atoms with Crippen molar-refractivity contribution in [2.75, 3.05) is 12.1 Å². The summed E-state index contributed by atoms with van der Waals surface area (Å²) in [6, 6.07) is 17.5. The number of non-ortho nitro benzene ring substituents is 1. The van der Waals surface area contributed by atoms with Gasteiger partial charge in [0.25, 0.3) is 11.6 Å². The van der Waals surface area contributed by atoms with Gasteiger partial charge in [0.2, 0.25) is 6.79 Å². The molecule has 0 aliphatic carbocycles. The number of nitrogens with zero attached hydrogens (tertiary/aromatic N) is 1. The summed E-state index contributed by atoms with van der Waals surface area (Å²) in [6.07, 6.45) is 0. The van der Waals surface area contributed by atoms with Crippen LogP contribution < -0.4 is 19.5 Å². The fourth-order valence-electron chi connectivity index (χ4n) is 2.62. The van der Waals surface area contributed by atoms with Crippen LogP contribution in [-0.4, -0.2) is 17.6 Å². The van der Waals surface area contributed by atoms with Crippen molar-refractivity contribution in [1.29, 1.82) is 0 Å². The molecule has 0 aromatic heterocycles. The summed E-state index contributed by atoms with van der Waals surface area (Å²) in [6.45, 7) is 0.170. The van der Waals surface area contributed by atoms with Crippen molar-refractivity contribution in [2.24, 2.45) is 0 Å². The molecule has 0 saturated heterocycles. The van der Waals surface area contributed by atoms with E-state index in [4.69, 9.17) is 14.2 Å². The predicted molar refractivity (Wildman–Crippen MR) is 100 cm³/mol. The number of amides is 1. The Morgan fingerprint density at radius 3 is 2.25 bits per heavy atom. The minimum atomic E-state index is -0.475. The molecule has 0 spiro atoms. The molecule has 8 heteroatoms. The molecule has 0 atom stereocenters. The first kappa shape index (κ1) is 17.3. The van der Waals surface area contributed by atoms with Gasteiger partial charge >= 0.3 is 0 Å². The van der Waals surface area contributed by atoms with Gasteiger partial charge in [0.05, 0.1) is 4.92 Å². The monoisotopic (exact) mass is 378 g/mol. The fourth-order valence-corrected chi connectivity index (χ4v) is 2.62. The Balaban J connectivity index is 1.41. The third-order valence-corrected chi connectivity index (χ3v) is 4.03. The van der Waals surface area contributed by atoms with Crippen molar-refractivity contribution in [2.45, 2.75) is 0 Å². The van der Waals surface area contributed by atoms with Crippen LogP contribution in [0.2, 0.25) is 0 Å². The lowest BCUT2D eigenvalue weighted by molar-refractivity contribution is -0.384. The van der Waals surface area contributed by atoms with Crippen LogP contribution in [0.15, 0.2) is 66.7 Å². The van der Waals surface area contributed by atoms with Crippen LogP contribution in [0, 0.1) is 10.1 Å². The van der Waals surface area contributed by atoms with Crippen LogP contribution in [0.25, 0.3) is 0 Å². The fraction of sp³-hybridized carbons (Fsp3) is 0.0500. The maximum Gasteiger partial charge on any atom is 0.269 e. The largest absolute Gasteiger partial charge is 0.457 e. The molecule has 1 N–H and O–H groups in total. The van der Waals surface area contributed by atoms with Crippen molar-refractivity contribution < 1.29 is 23.9 Å². The summed E-state index contributed by atoms with van der Waals surface area (Å²) in [7, 11) is 0. The Kier molecular flexibility index (Phi) is 4.51. The lowest BCUT2D eigenvalue weighted by Crippen LogP contribution is -2.11. The first-order valence-corrected chi connectivity index (χ1v) is 8.32. The summed E-state index contributed by atoms with van der Waals surface area (Å²) in [5.74, 6) is 1.92. The van der Waals surface area contributed by atoms with E-state index in [1.807, 2.05) is 0 Å². The van der Waals surface area contributed by atoms with Crippen molar-refractivity contribution >= 4 is 17.3 Å². The maximum absolute atomic E-state index is 12.4. The number of hydrogen-bond donors (Lipinski definition) is 1. The minimum absolute atomic E-state index is 0.0112. The first-order chi connectivity index (χ1) is 13.6. The molecule has 1 aliphatic heterocycles. The summed E-state index contributed by atoms with van der Waals surface area (Å²) in [5, 5.41) is 13.5. The number of nitro benzene ring substituents is 1. The molecular weight excluding hydrogens is 364 g/mol. The summed E-state index contributed by atoms with van der Waals surface area (Å²) in [4.78, 5) is 22.6. The number of hydrogen-bond acceptors (Lipinski definition) is 6. The van der Waals surface area contributed by atoms with Crippen molar-refractivity contribution in [3.63, 3.8) is 0 Å². The van der Waals surface area contributed by atoms with E-state index in [1.165, 1.54) is 24.3 Å². The van der Waals surface area contributed by atoms with E-state index < -0.39 is 4.92 Å². The third kappa shape index (κ3) is 3.70. The summed E-state index contributed by atoms with van der Waals surface area (Å²) in [5.41, 5.74) is 1.04. The Hall–Kier alpha value is -4.07. The Morgan fingerprint density at radius 2 is 1.57 bits per heavy atom. The quantitative estimate of drug-likeness (QED) is 0.523. The summed E-state index contributed by atoms with van der Waals surface area (Å²) < 4.78 is 16.2. The molecular formula is C20H14N2O6. The highest BCUT2D eigenvalue weighted by molar-refractivity contribution is 6.04. The van der Waals surface area contributed by atoms with E-state index in [-0.39, 0.29) is 18.4 Å². The van der Waals surface area contributed by atoms with Gasteiger partial charge in [-0.2, -0.15) is 0 Å². The molecule has 1 amide bonds. The second-order valence-corrected chi connectivity index (χ2v) is 5.90. The molecule has 3 aromatic rings. The van der Waals surface area contributed by atoms with Gasteiger partial charge in [-0.25, -0.2) is 0 Å². The number of carbonyl (C=O) groups is 1. The number of nitro groups is 1. The third-order valence-electron chi connectivity index (χ3n) is 4.03. The van der Waals surface area contributed by atoms with Crippen LogP contribution in [0.5, 0.6) is 23.0 Å². The molecule has 0 bridgehead atoms. The topological polar surface area (TPSA) is 99.9 Å². The van der Waals surface area contributed by atoms with Crippen LogP contribution in [-0.2, 0) is 0 Å². The van der Waals surface area contributed by atoms with E-state index in [9.17, 15) is 14.9 Å². The number of fused-ring (bicyclic) bond motifs is 1. The van der Waals surface area contributed by atoms with Gasteiger partial charge in [0, 0.05) is 29.4 Å². The molecule has 140 valence electrons. The van der Waals surface area contributed by atoms with E-state index in [0.717, 1.165) is 0 Å². The first-order valence-electron chi connectivity index (χ1n) is 8.32. The normalized spacial score (nSPS) is 11.7. The van der Waals surface area contributed by atoms with E-state index >= 15 is 0 Å². The molecule has 4 rings (SSSR count). The lowest BCUT2D eigenvalue weighted by atomic mass is 10.2. The van der Waals surface area contributed by atoms with Gasteiger partial charge in [-0.3, -0.25) is 14.9 Å². The van der Waals surface area contributed by atoms with Crippen molar-refractivity contribution in [1.82, 2.24) is 0 Å². The Bertz CT molecular complexity index is 1030. The molecule has 8 nitrogen and oxygen atoms in total. The van der Waals surface area contributed by atoms with Gasteiger partial charge in [0.15, 0.2) is 11.5 Å². The van der Waals surface area contributed by atoms with E-state index in [0.29, 0.717) is 34.2 Å². The highest BCUT2D eigenvalue weighted by atomic mass is 16.7. The van der Waals surface area contributed by atoms with Crippen LogP contribution >= 0.6 is 0 Å². The number of carbonyl (C=O) groups excluding carboxylic acids is 1. The Labute approximate surface area is 159 Å². The highest BCUT2D eigenvalue weighted by Gasteiger charge is 2.15. The number of benzene rings is 3. The molecule has 1 aliphatic rings. The van der Waals surface area contributed by atoms with Gasteiger partial charge in [-0.1, -0.05) is 0 Å². The van der Waals surface area contributed by atoms with E-state index in [2.05, 4.69) is 5.32 Å². The lowest BCUT2D eigenvalue weighted by Gasteiger charge is -2.08. The molecule has 0 saturated carbocycles. The van der Waals surface area contributed by atoms with Crippen molar-refractivity contribution in [3.8, 4) is 23.0 Å². The molecule has 3 aromatic carbocycles. The zero-order valence-electron chi connectivity index (χ0n) is 14.5. The minimum Gasteiger partial charge on any atom is -0.457 e. The number of ether oxygens (including phenoxy) is 3. The highest BCUT2D eigenvalue weighted by Crippen LogP contribution is 2.34.